The second-order valence-electron chi connectivity index (χ2n) is 9.48. The third-order valence-corrected chi connectivity index (χ3v) is 6.24. The summed E-state index contributed by atoms with van der Waals surface area (Å²) in [6.45, 7) is 7.81. The van der Waals surface area contributed by atoms with Crippen LogP contribution >= 0.6 is 0 Å². The molecule has 0 saturated carbocycles. The first-order valence-corrected chi connectivity index (χ1v) is 14.0. The number of hydrogen-bond donors (Lipinski definition) is 2. The molecule has 0 atom stereocenters. The molecule has 4 rings (SSSR count). The van der Waals surface area contributed by atoms with Gasteiger partial charge in [0.15, 0.2) is 23.6 Å². The van der Waals surface area contributed by atoms with Crippen molar-refractivity contribution in [3.05, 3.63) is 113 Å². The number of hydrogen-bond acceptors (Lipinski definition) is 12. The van der Waals surface area contributed by atoms with Crippen LogP contribution in [0.4, 0.5) is 17.1 Å². The number of nitriles is 3. The van der Waals surface area contributed by atoms with Gasteiger partial charge in [-0.15, -0.1) is 0 Å². The highest BCUT2D eigenvalue weighted by Crippen LogP contribution is 2.18. The van der Waals surface area contributed by atoms with Crippen molar-refractivity contribution in [2.75, 3.05) is 50.2 Å². The zero-order valence-corrected chi connectivity index (χ0v) is 25.9. The van der Waals surface area contributed by atoms with Crippen LogP contribution in [0.15, 0.2) is 73.3 Å². The Labute approximate surface area is 273 Å². The largest absolute Gasteiger partial charge is 0.395 e. The Morgan fingerprint density at radius 2 is 1.34 bits per heavy atom. The molecule has 13 heteroatoms. The first kappa shape index (κ1) is 36.7. The van der Waals surface area contributed by atoms with Crippen LogP contribution in [0.2, 0.25) is 0 Å². The van der Waals surface area contributed by atoms with Crippen LogP contribution in [0.5, 0.6) is 0 Å². The number of likely N-dealkylation sites (N-methyl/N-ethyl adjacent to an activating group) is 2. The summed E-state index contributed by atoms with van der Waals surface area (Å²) in [6, 6.07) is 20.0. The summed E-state index contributed by atoms with van der Waals surface area (Å²) in [5.41, 5.74) is 4.81. The maximum absolute atomic E-state index is 10.2. The lowest BCUT2D eigenvalue weighted by atomic mass is 10.0. The smallest absolute Gasteiger partial charge is 0.192 e. The number of anilines is 2. The molecule has 2 heterocycles. The molecule has 0 aliphatic carbocycles. The SMILES string of the molecule is CN(CCO)c1cnc(/C=C(\C#N)c2ccc(C#N)cc2)nc1.CN(CCO)c1cnc(C=O)nc1.[C-]#[N+]c1ccc(CC#N)cc1. The Bertz CT molecular complexity index is 1750. The van der Waals surface area contributed by atoms with Gasteiger partial charge in [0.2, 0.25) is 0 Å². The number of benzene rings is 2. The van der Waals surface area contributed by atoms with Gasteiger partial charge in [0.05, 0.1) is 91.7 Å². The van der Waals surface area contributed by atoms with E-state index in [0.717, 1.165) is 16.9 Å². The Morgan fingerprint density at radius 3 is 1.74 bits per heavy atom. The number of rotatable bonds is 10. The van der Waals surface area contributed by atoms with Crippen LogP contribution in [0, 0.1) is 40.6 Å². The molecular formula is C34H32N10O3. The second kappa shape index (κ2) is 20.4. The number of carbonyl (C=O) groups is 1. The van der Waals surface area contributed by atoms with E-state index in [4.69, 9.17) is 27.3 Å². The Kier molecular flexibility index (Phi) is 16.0. The fraction of sp³-hybridized carbons (Fsp3) is 0.206. The molecule has 0 amide bonds. The van der Waals surface area contributed by atoms with Crippen molar-refractivity contribution in [1.29, 1.82) is 15.8 Å². The number of nitrogens with zero attached hydrogens (tertiary/aromatic N) is 10. The summed E-state index contributed by atoms with van der Waals surface area (Å²) in [5, 5.41) is 44.0. The number of aliphatic hydroxyl groups is 2. The van der Waals surface area contributed by atoms with Crippen molar-refractivity contribution >= 4 is 35.0 Å². The van der Waals surface area contributed by atoms with Gasteiger partial charge in [-0.3, -0.25) is 4.79 Å². The van der Waals surface area contributed by atoms with Gasteiger partial charge in [-0.05, 0) is 23.3 Å². The molecule has 2 N–H and O–H groups in total. The highest BCUT2D eigenvalue weighted by Gasteiger charge is 2.05. The molecule has 2 aromatic carbocycles. The average molecular weight is 629 g/mol. The molecule has 0 fully saturated rings. The molecule has 0 unspecified atom stereocenters. The van der Waals surface area contributed by atoms with Gasteiger partial charge in [-0.2, -0.15) is 15.8 Å². The minimum atomic E-state index is 0.0510. The van der Waals surface area contributed by atoms with E-state index >= 15 is 0 Å². The fourth-order valence-electron chi connectivity index (χ4n) is 3.56. The molecule has 13 nitrogen and oxygen atoms in total. The first-order valence-electron chi connectivity index (χ1n) is 14.0. The molecule has 0 aliphatic heterocycles. The van der Waals surface area contributed by atoms with Gasteiger partial charge in [0, 0.05) is 33.3 Å². The summed E-state index contributed by atoms with van der Waals surface area (Å²) in [6.07, 6.45) is 8.98. The van der Waals surface area contributed by atoms with Crippen molar-refractivity contribution < 1.29 is 15.0 Å². The van der Waals surface area contributed by atoms with Gasteiger partial charge in [0.25, 0.3) is 0 Å². The van der Waals surface area contributed by atoms with E-state index in [1.807, 2.05) is 31.1 Å². The maximum Gasteiger partial charge on any atom is 0.192 e. The average Bonchev–Trinajstić information content (AvgIpc) is 3.12. The lowest BCUT2D eigenvalue weighted by Gasteiger charge is -2.16. The number of aromatic nitrogens is 4. The predicted molar refractivity (Wildman–Crippen MR) is 177 cm³/mol. The van der Waals surface area contributed by atoms with E-state index in [1.165, 1.54) is 0 Å². The Hall–Kier alpha value is -6.51. The number of aliphatic hydroxyl groups excluding tert-OH is 2. The highest BCUT2D eigenvalue weighted by atomic mass is 16.3. The second-order valence-corrected chi connectivity index (χ2v) is 9.48. The monoisotopic (exact) mass is 628 g/mol. The molecule has 236 valence electrons. The van der Waals surface area contributed by atoms with Crippen LogP contribution in [0.25, 0.3) is 16.5 Å². The zero-order valence-electron chi connectivity index (χ0n) is 25.9. The van der Waals surface area contributed by atoms with E-state index in [-0.39, 0.29) is 19.0 Å². The van der Waals surface area contributed by atoms with Crippen LogP contribution in [-0.4, -0.2) is 76.8 Å². The van der Waals surface area contributed by atoms with Gasteiger partial charge in [-0.25, -0.2) is 24.8 Å². The lowest BCUT2D eigenvalue weighted by molar-refractivity contribution is 0.111. The van der Waals surface area contributed by atoms with E-state index < -0.39 is 0 Å². The van der Waals surface area contributed by atoms with Crippen molar-refractivity contribution in [1.82, 2.24) is 19.9 Å². The van der Waals surface area contributed by atoms with Crippen molar-refractivity contribution in [2.45, 2.75) is 6.42 Å². The van der Waals surface area contributed by atoms with E-state index in [1.54, 1.807) is 84.3 Å². The van der Waals surface area contributed by atoms with Crippen LogP contribution in [0.1, 0.15) is 33.1 Å². The number of allylic oxidation sites excluding steroid dienone is 1. The number of aldehydes is 1. The molecular weight excluding hydrogens is 596 g/mol. The topological polar surface area (TPSA) is 191 Å². The Morgan fingerprint density at radius 1 is 0.830 bits per heavy atom. The standard InChI is InChI=1S/C17H15N5O.C9H6N2.C8H11N3O2/c1-22(6-7-23)16-11-20-17(21-12-16)8-15(10-19)14-4-2-13(9-18)3-5-14;1-11-9-4-2-8(3-5-9)6-7-10;1-11(2-3-12)7-4-9-8(6-13)10-5-7/h2-5,8,11-12,23H,6-7H2,1H3;2-5H,6H2;4-6,12H,2-3H2,1H3/b15-8+;;. The molecule has 0 radical (unpaired) electrons. The van der Waals surface area contributed by atoms with E-state index in [2.05, 4.69) is 30.9 Å². The minimum absolute atomic E-state index is 0.0510. The van der Waals surface area contributed by atoms with Gasteiger partial charge in [0.1, 0.15) is 0 Å². The summed E-state index contributed by atoms with van der Waals surface area (Å²) in [7, 11) is 3.65. The third kappa shape index (κ3) is 12.6. The molecule has 2 aromatic heterocycles. The van der Waals surface area contributed by atoms with E-state index in [0.29, 0.717) is 54.0 Å². The summed E-state index contributed by atoms with van der Waals surface area (Å²) in [4.78, 5) is 33.1. The van der Waals surface area contributed by atoms with Crippen molar-refractivity contribution in [2.24, 2.45) is 0 Å². The van der Waals surface area contributed by atoms with Gasteiger partial charge >= 0.3 is 0 Å². The normalized spacial score (nSPS) is 9.83. The highest BCUT2D eigenvalue weighted by molar-refractivity contribution is 5.88. The first-order chi connectivity index (χ1) is 22.8. The van der Waals surface area contributed by atoms with Gasteiger partial charge < -0.3 is 20.0 Å². The zero-order chi connectivity index (χ0) is 34.4. The fourth-order valence-corrected chi connectivity index (χ4v) is 3.56. The molecule has 47 heavy (non-hydrogen) atoms. The summed E-state index contributed by atoms with van der Waals surface area (Å²) >= 11 is 0. The van der Waals surface area contributed by atoms with Crippen molar-refractivity contribution in [3.8, 4) is 18.2 Å². The van der Waals surface area contributed by atoms with Crippen LogP contribution < -0.4 is 9.80 Å². The Balaban J connectivity index is 0.000000270. The third-order valence-electron chi connectivity index (χ3n) is 6.24. The van der Waals surface area contributed by atoms with Crippen molar-refractivity contribution in [3.63, 3.8) is 0 Å². The molecule has 0 bridgehead atoms. The van der Waals surface area contributed by atoms with Crippen LogP contribution in [0.3, 0.4) is 0 Å². The predicted octanol–water partition coefficient (Wildman–Crippen LogP) is 3.86. The molecule has 0 saturated heterocycles. The molecule has 4 aromatic rings. The van der Waals surface area contributed by atoms with E-state index in [9.17, 15) is 10.1 Å². The number of carbonyl (C=O) groups excluding carboxylic acids is 1. The van der Waals surface area contributed by atoms with Crippen LogP contribution in [-0.2, 0) is 6.42 Å². The summed E-state index contributed by atoms with van der Waals surface area (Å²) < 4.78 is 0. The van der Waals surface area contributed by atoms with Gasteiger partial charge in [-0.1, -0.05) is 36.4 Å². The molecule has 0 spiro atoms. The maximum atomic E-state index is 10.2. The lowest BCUT2D eigenvalue weighted by Crippen LogP contribution is -2.21. The minimum Gasteiger partial charge on any atom is -0.395 e. The quantitative estimate of drug-likeness (QED) is 0.147. The molecule has 0 aliphatic rings. The summed E-state index contributed by atoms with van der Waals surface area (Å²) in [5.74, 6) is 0.591.